The number of carbonyl (C=O) groups is 2. The van der Waals surface area contributed by atoms with Crippen LogP contribution in [0.3, 0.4) is 0 Å². The van der Waals surface area contributed by atoms with Gasteiger partial charge in [-0.25, -0.2) is 0 Å². The summed E-state index contributed by atoms with van der Waals surface area (Å²) in [4.78, 5) is 23.2. The molecule has 160 valence electrons. The highest BCUT2D eigenvalue weighted by atomic mass is 16.5. The normalized spacial score (nSPS) is 48.8. The van der Waals surface area contributed by atoms with Gasteiger partial charge in [0.05, 0.1) is 13.0 Å². The summed E-state index contributed by atoms with van der Waals surface area (Å²) in [6.45, 7) is 7.20. The Balaban J connectivity index is 1.34. The summed E-state index contributed by atoms with van der Waals surface area (Å²) in [6.07, 6.45) is 12.8. The minimum Gasteiger partial charge on any atom is -0.465 e. The fourth-order valence-electron chi connectivity index (χ4n) is 8.43. The van der Waals surface area contributed by atoms with E-state index in [1.165, 1.54) is 32.1 Å². The van der Waals surface area contributed by atoms with Crippen LogP contribution in [-0.2, 0) is 19.1 Å². The van der Waals surface area contributed by atoms with Crippen LogP contribution in [0, 0.1) is 40.4 Å². The van der Waals surface area contributed by atoms with Crippen LogP contribution in [0.15, 0.2) is 11.6 Å². The first-order valence-corrected chi connectivity index (χ1v) is 11.8. The summed E-state index contributed by atoms with van der Waals surface area (Å²) in [5.74, 6) is 3.02. The van der Waals surface area contributed by atoms with Crippen LogP contribution in [0.25, 0.3) is 0 Å². The fraction of sp³-hybridized carbons (Fsp3) is 0.840. The predicted octanol–water partition coefficient (Wildman–Crippen LogP) is 5.06. The third kappa shape index (κ3) is 2.99. The van der Waals surface area contributed by atoms with Gasteiger partial charge in [-0.05, 0) is 85.9 Å². The van der Waals surface area contributed by atoms with Crippen molar-refractivity contribution in [3.8, 4) is 0 Å². The Morgan fingerprint density at radius 2 is 1.97 bits per heavy atom. The van der Waals surface area contributed by atoms with Crippen LogP contribution >= 0.6 is 0 Å². The van der Waals surface area contributed by atoms with Gasteiger partial charge in [0, 0.05) is 12.8 Å². The van der Waals surface area contributed by atoms with Crippen molar-refractivity contribution >= 4 is 11.9 Å². The van der Waals surface area contributed by atoms with Crippen molar-refractivity contribution in [2.75, 3.05) is 6.61 Å². The van der Waals surface area contributed by atoms with E-state index < -0.39 is 0 Å². The monoisotopic (exact) mass is 400 g/mol. The second-order valence-electron chi connectivity index (χ2n) is 11.1. The third-order valence-electron chi connectivity index (χ3n) is 9.88. The van der Waals surface area contributed by atoms with Gasteiger partial charge in [-0.1, -0.05) is 25.5 Å². The van der Waals surface area contributed by atoms with Crippen LogP contribution < -0.4 is 0 Å². The van der Waals surface area contributed by atoms with E-state index in [0.717, 1.165) is 25.2 Å². The Labute approximate surface area is 174 Å². The van der Waals surface area contributed by atoms with Gasteiger partial charge in [-0.2, -0.15) is 0 Å². The number of cyclic esters (lactones) is 1. The average molecular weight is 401 g/mol. The predicted molar refractivity (Wildman–Crippen MR) is 110 cm³/mol. The lowest BCUT2D eigenvalue weighted by molar-refractivity contribution is -0.155. The maximum absolute atomic E-state index is 11.7. The fourth-order valence-corrected chi connectivity index (χ4v) is 8.43. The molecule has 5 aliphatic rings. The standard InChI is InChI=1S/C25H36O4/c1-15(26)29-18-8-10-24(2)17(13-18)4-5-19-21-7-6-20(16-12-23(27)28-14-16)25(21,3)11-9-22(19)24/h7,16-20,22H,4-6,8-14H2,1-3H3/t16-,17+,18+,19+,20+,22-,24+,25+/m0/s1. The molecule has 0 aromatic rings. The van der Waals surface area contributed by atoms with E-state index in [9.17, 15) is 9.59 Å². The number of esters is 2. The molecule has 1 saturated heterocycles. The van der Waals surface area contributed by atoms with Crippen molar-refractivity contribution in [1.82, 2.24) is 0 Å². The average Bonchev–Trinajstić information content (AvgIpc) is 3.24. The van der Waals surface area contributed by atoms with E-state index >= 15 is 0 Å². The maximum atomic E-state index is 11.7. The Bertz CT molecular complexity index is 741. The van der Waals surface area contributed by atoms with Crippen molar-refractivity contribution in [3.63, 3.8) is 0 Å². The highest BCUT2D eigenvalue weighted by Gasteiger charge is 2.58. The number of hydrogen-bond donors (Lipinski definition) is 0. The highest BCUT2D eigenvalue weighted by Crippen LogP contribution is 2.67. The third-order valence-corrected chi connectivity index (χ3v) is 9.88. The molecule has 0 aromatic heterocycles. The zero-order valence-electron chi connectivity index (χ0n) is 18.2. The number of carbonyl (C=O) groups excluding carboxylic acids is 2. The Hall–Kier alpha value is -1.32. The molecule has 5 rings (SSSR count). The van der Waals surface area contributed by atoms with Gasteiger partial charge in [0.25, 0.3) is 0 Å². The molecule has 1 heterocycles. The largest absolute Gasteiger partial charge is 0.465 e. The summed E-state index contributed by atoms with van der Waals surface area (Å²) in [5, 5.41) is 0. The van der Waals surface area contributed by atoms with E-state index in [2.05, 4.69) is 19.9 Å². The molecule has 0 N–H and O–H groups in total. The Morgan fingerprint density at radius 3 is 2.69 bits per heavy atom. The van der Waals surface area contributed by atoms with E-state index in [1.54, 1.807) is 12.5 Å². The van der Waals surface area contributed by atoms with Crippen LogP contribution in [0.4, 0.5) is 0 Å². The molecular weight excluding hydrogens is 364 g/mol. The molecule has 29 heavy (non-hydrogen) atoms. The lowest BCUT2D eigenvalue weighted by Crippen LogP contribution is -2.52. The number of rotatable bonds is 2. The molecule has 0 spiro atoms. The molecule has 0 radical (unpaired) electrons. The second kappa shape index (κ2) is 6.85. The number of ether oxygens (including phenoxy) is 2. The van der Waals surface area contributed by atoms with Gasteiger partial charge in [0.2, 0.25) is 0 Å². The lowest BCUT2D eigenvalue weighted by Gasteiger charge is -2.60. The first-order chi connectivity index (χ1) is 13.8. The first-order valence-electron chi connectivity index (χ1n) is 11.8. The molecule has 4 aliphatic carbocycles. The summed E-state index contributed by atoms with van der Waals surface area (Å²) in [7, 11) is 0. The number of allylic oxidation sites excluding steroid dienone is 2. The molecule has 4 nitrogen and oxygen atoms in total. The number of hydrogen-bond acceptors (Lipinski definition) is 4. The first kappa shape index (κ1) is 19.6. The number of fused-ring (bicyclic) bond motifs is 5. The quantitative estimate of drug-likeness (QED) is 0.480. The molecule has 8 atom stereocenters. The van der Waals surface area contributed by atoms with Crippen LogP contribution in [-0.4, -0.2) is 24.6 Å². The zero-order valence-corrected chi connectivity index (χ0v) is 18.2. The van der Waals surface area contributed by atoms with Crippen molar-refractivity contribution in [2.24, 2.45) is 40.4 Å². The van der Waals surface area contributed by atoms with Crippen molar-refractivity contribution < 1.29 is 19.1 Å². The lowest BCUT2D eigenvalue weighted by atomic mass is 9.45. The molecule has 0 aromatic carbocycles. The Kier molecular flexibility index (Phi) is 4.64. The Morgan fingerprint density at radius 1 is 1.14 bits per heavy atom. The van der Waals surface area contributed by atoms with E-state index in [1.807, 2.05) is 0 Å². The van der Waals surface area contributed by atoms with Gasteiger partial charge in [0.1, 0.15) is 6.10 Å². The van der Waals surface area contributed by atoms with Gasteiger partial charge >= 0.3 is 11.9 Å². The molecule has 4 heteroatoms. The highest BCUT2D eigenvalue weighted by molar-refractivity contribution is 5.71. The summed E-state index contributed by atoms with van der Waals surface area (Å²) >= 11 is 0. The SMILES string of the molecule is CC(=O)O[C@@H]1CC[C@]2(C)[C@H](CC[C@@H]3C4=CC[C@H]([C@@H]5COC(=O)C5)[C@@]4(C)CC[C@@H]32)C1. The van der Waals surface area contributed by atoms with Crippen molar-refractivity contribution in [3.05, 3.63) is 11.6 Å². The van der Waals surface area contributed by atoms with Crippen molar-refractivity contribution in [1.29, 1.82) is 0 Å². The molecule has 0 bridgehead atoms. The van der Waals surface area contributed by atoms with E-state index in [-0.39, 0.29) is 23.5 Å². The van der Waals surface area contributed by atoms with Gasteiger partial charge in [-0.3, -0.25) is 9.59 Å². The van der Waals surface area contributed by atoms with Crippen LogP contribution in [0.5, 0.6) is 0 Å². The van der Waals surface area contributed by atoms with Crippen LogP contribution in [0.2, 0.25) is 0 Å². The molecular formula is C25H36O4. The summed E-state index contributed by atoms with van der Waals surface area (Å²) in [5.41, 5.74) is 2.37. The molecule has 4 fully saturated rings. The smallest absolute Gasteiger partial charge is 0.306 e. The molecule has 3 saturated carbocycles. The summed E-state index contributed by atoms with van der Waals surface area (Å²) in [6, 6.07) is 0. The maximum Gasteiger partial charge on any atom is 0.306 e. The van der Waals surface area contributed by atoms with E-state index in [0.29, 0.717) is 42.1 Å². The second-order valence-corrected chi connectivity index (χ2v) is 11.1. The minimum absolute atomic E-state index is 0.00158. The molecule has 1 aliphatic heterocycles. The van der Waals surface area contributed by atoms with Crippen molar-refractivity contribution in [2.45, 2.75) is 84.7 Å². The van der Waals surface area contributed by atoms with Crippen LogP contribution in [0.1, 0.15) is 78.6 Å². The van der Waals surface area contributed by atoms with Gasteiger partial charge < -0.3 is 9.47 Å². The van der Waals surface area contributed by atoms with E-state index in [4.69, 9.17) is 9.47 Å². The molecule has 0 amide bonds. The molecule has 0 unspecified atom stereocenters. The topological polar surface area (TPSA) is 52.6 Å². The van der Waals surface area contributed by atoms with Gasteiger partial charge in [0.15, 0.2) is 0 Å². The minimum atomic E-state index is -0.128. The van der Waals surface area contributed by atoms with Gasteiger partial charge in [-0.15, -0.1) is 0 Å². The summed E-state index contributed by atoms with van der Waals surface area (Å²) < 4.78 is 10.9. The zero-order chi connectivity index (χ0) is 20.4.